The fourth-order valence-electron chi connectivity index (χ4n) is 2.79. The molecule has 0 aliphatic carbocycles. The molecule has 130 valence electrons. The number of nitrogen functional groups attached to an aromatic ring is 1. The van der Waals surface area contributed by atoms with Gasteiger partial charge in [0.1, 0.15) is 29.8 Å². The van der Waals surface area contributed by atoms with Crippen LogP contribution >= 0.6 is 0 Å². The molecule has 0 radical (unpaired) electrons. The number of aromatic nitrogens is 3. The first-order valence-corrected chi connectivity index (χ1v) is 7.93. The number of benzene rings is 1. The second-order valence-corrected chi connectivity index (χ2v) is 5.69. The van der Waals surface area contributed by atoms with Gasteiger partial charge in [-0.3, -0.25) is 0 Å². The normalized spacial score (nSPS) is 13.4. The lowest BCUT2D eigenvalue weighted by molar-refractivity contribution is 0.0907. The summed E-state index contributed by atoms with van der Waals surface area (Å²) in [6.07, 6.45) is 1.32. The average Bonchev–Trinajstić information content (AvgIpc) is 2.63. The molecule has 3 aromatic rings. The molecule has 0 saturated carbocycles. The number of pyridine rings is 1. The second-order valence-electron chi connectivity index (χ2n) is 5.69. The van der Waals surface area contributed by atoms with E-state index in [1.165, 1.54) is 6.33 Å². The van der Waals surface area contributed by atoms with Gasteiger partial charge in [0.2, 0.25) is 0 Å². The molecule has 1 aromatic carbocycles. The Bertz CT molecular complexity index is 854. The van der Waals surface area contributed by atoms with Gasteiger partial charge in [-0.05, 0) is 36.8 Å². The Morgan fingerprint density at radius 3 is 2.48 bits per heavy atom. The highest BCUT2D eigenvalue weighted by Crippen LogP contribution is 2.27. The van der Waals surface area contributed by atoms with E-state index < -0.39 is 0 Å². The van der Waals surface area contributed by atoms with Crippen LogP contribution < -0.4 is 15.8 Å². The predicted molar refractivity (Wildman–Crippen MR) is 97.6 cm³/mol. The second kappa shape index (κ2) is 7.31. The molecule has 0 saturated heterocycles. The summed E-state index contributed by atoms with van der Waals surface area (Å²) in [4.78, 5) is 12.7. The minimum absolute atomic E-state index is 0.0333. The molecule has 3 N–H and O–H groups in total. The molecule has 0 bridgehead atoms. The Morgan fingerprint density at radius 1 is 1.04 bits per heavy atom. The number of nitrogens with two attached hydrogens (primary N) is 1. The van der Waals surface area contributed by atoms with Crippen molar-refractivity contribution in [2.75, 3.05) is 25.3 Å². The van der Waals surface area contributed by atoms with Crippen LogP contribution in [0.5, 0.6) is 5.75 Å². The molecule has 0 fully saturated rings. The number of methoxy groups -OCH3 is 2. The van der Waals surface area contributed by atoms with Crippen LogP contribution in [-0.2, 0) is 4.74 Å². The van der Waals surface area contributed by atoms with Gasteiger partial charge in [-0.1, -0.05) is 12.1 Å². The molecular formula is C18H21N5O2. The Balaban J connectivity index is 1.85. The van der Waals surface area contributed by atoms with Gasteiger partial charge >= 0.3 is 0 Å². The van der Waals surface area contributed by atoms with E-state index >= 15 is 0 Å². The SMILES string of the molecule is COc1ccc([C@H](OC)[C@H](C)Nc2ncnc3nc(N)ccc23)cc1. The molecule has 0 aliphatic heterocycles. The zero-order chi connectivity index (χ0) is 17.8. The predicted octanol–water partition coefficient (Wildman–Crippen LogP) is 2.80. The Labute approximate surface area is 146 Å². The number of ether oxygens (including phenoxy) is 2. The van der Waals surface area contributed by atoms with Gasteiger partial charge < -0.3 is 20.5 Å². The van der Waals surface area contributed by atoms with Gasteiger partial charge in [0.15, 0.2) is 5.65 Å². The molecule has 3 rings (SSSR count). The third-order valence-electron chi connectivity index (χ3n) is 4.04. The molecule has 25 heavy (non-hydrogen) atoms. The lowest BCUT2D eigenvalue weighted by Crippen LogP contribution is -2.26. The van der Waals surface area contributed by atoms with Crippen molar-refractivity contribution in [2.24, 2.45) is 0 Å². The summed E-state index contributed by atoms with van der Waals surface area (Å²) < 4.78 is 10.9. The van der Waals surface area contributed by atoms with Crippen LogP contribution in [0, 0.1) is 0 Å². The smallest absolute Gasteiger partial charge is 0.166 e. The number of fused-ring (bicyclic) bond motifs is 1. The molecular weight excluding hydrogens is 318 g/mol. The molecule has 2 atom stereocenters. The molecule has 0 unspecified atom stereocenters. The number of nitrogens with zero attached hydrogens (tertiary/aromatic N) is 3. The van der Waals surface area contributed by atoms with Crippen LogP contribution in [0.15, 0.2) is 42.7 Å². The van der Waals surface area contributed by atoms with Gasteiger partial charge in [-0.25, -0.2) is 15.0 Å². The van der Waals surface area contributed by atoms with E-state index in [0.29, 0.717) is 17.3 Å². The zero-order valence-electron chi connectivity index (χ0n) is 14.4. The highest BCUT2D eigenvalue weighted by Gasteiger charge is 2.20. The van der Waals surface area contributed by atoms with E-state index in [9.17, 15) is 0 Å². The summed E-state index contributed by atoms with van der Waals surface area (Å²) in [6.45, 7) is 2.04. The molecule has 7 heteroatoms. The van der Waals surface area contributed by atoms with Crippen LogP contribution in [0.25, 0.3) is 11.0 Å². The lowest BCUT2D eigenvalue weighted by atomic mass is 10.0. The van der Waals surface area contributed by atoms with Gasteiger partial charge in [-0.2, -0.15) is 0 Å². The maximum atomic E-state index is 5.72. The zero-order valence-corrected chi connectivity index (χ0v) is 14.4. The first-order chi connectivity index (χ1) is 12.1. The maximum Gasteiger partial charge on any atom is 0.166 e. The van der Waals surface area contributed by atoms with Crippen molar-refractivity contribution < 1.29 is 9.47 Å². The van der Waals surface area contributed by atoms with E-state index in [4.69, 9.17) is 15.2 Å². The number of nitrogens with one attached hydrogen (secondary N) is 1. The first kappa shape index (κ1) is 16.9. The number of anilines is 2. The van der Waals surface area contributed by atoms with Crippen molar-refractivity contribution in [3.05, 3.63) is 48.3 Å². The van der Waals surface area contributed by atoms with Crippen LogP contribution in [0.4, 0.5) is 11.6 Å². The summed E-state index contributed by atoms with van der Waals surface area (Å²) >= 11 is 0. The van der Waals surface area contributed by atoms with Crippen molar-refractivity contribution >= 4 is 22.7 Å². The maximum absolute atomic E-state index is 5.72. The summed E-state index contributed by atoms with van der Waals surface area (Å²) in [6, 6.07) is 11.4. The van der Waals surface area contributed by atoms with Crippen molar-refractivity contribution in [2.45, 2.75) is 19.1 Å². The molecule has 2 heterocycles. The third-order valence-corrected chi connectivity index (χ3v) is 4.04. The van der Waals surface area contributed by atoms with Gasteiger partial charge in [0.25, 0.3) is 0 Å². The van der Waals surface area contributed by atoms with E-state index in [-0.39, 0.29) is 12.1 Å². The van der Waals surface area contributed by atoms with Crippen molar-refractivity contribution in [3.63, 3.8) is 0 Å². The molecule has 7 nitrogen and oxygen atoms in total. The lowest BCUT2D eigenvalue weighted by Gasteiger charge is -2.25. The standard InChI is InChI=1S/C18H21N5O2/c1-11(16(25-3)12-4-6-13(24-2)7-5-12)22-17-14-8-9-15(19)23-18(14)21-10-20-17/h4-11,16H,1-3H3,(H3,19,20,21,22,23)/t11-,16+/m0/s1. The average molecular weight is 339 g/mol. The highest BCUT2D eigenvalue weighted by molar-refractivity contribution is 5.87. The molecule has 2 aromatic heterocycles. The fourth-order valence-corrected chi connectivity index (χ4v) is 2.79. The number of rotatable bonds is 6. The Morgan fingerprint density at radius 2 is 1.80 bits per heavy atom. The van der Waals surface area contributed by atoms with E-state index in [0.717, 1.165) is 16.7 Å². The summed E-state index contributed by atoms with van der Waals surface area (Å²) in [5, 5.41) is 4.21. The van der Waals surface area contributed by atoms with Gasteiger partial charge in [-0.15, -0.1) is 0 Å². The van der Waals surface area contributed by atoms with Crippen LogP contribution in [0.2, 0.25) is 0 Å². The monoisotopic (exact) mass is 339 g/mol. The fraction of sp³-hybridized carbons (Fsp3) is 0.278. The first-order valence-electron chi connectivity index (χ1n) is 7.93. The molecule has 0 spiro atoms. The van der Waals surface area contributed by atoms with Gasteiger partial charge in [0, 0.05) is 7.11 Å². The van der Waals surface area contributed by atoms with Crippen molar-refractivity contribution in [1.82, 2.24) is 15.0 Å². The largest absolute Gasteiger partial charge is 0.497 e. The number of hydrogen-bond donors (Lipinski definition) is 2. The van der Waals surface area contributed by atoms with Crippen molar-refractivity contribution in [3.8, 4) is 5.75 Å². The molecule has 0 aliphatic rings. The van der Waals surface area contributed by atoms with Gasteiger partial charge in [0.05, 0.1) is 18.5 Å². The Kier molecular flexibility index (Phi) is 4.95. The molecule has 0 amide bonds. The van der Waals surface area contributed by atoms with Crippen molar-refractivity contribution in [1.29, 1.82) is 0 Å². The summed E-state index contributed by atoms with van der Waals surface area (Å²) in [5.41, 5.74) is 7.33. The number of hydrogen-bond acceptors (Lipinski definition) is 7. The summed E-state index contributed by atoms with van der Waals surface area (Å²) in [7, 11) is 3.33. The van der Waals surface area contributed by atoms with Crippen LogP contribution in [-0.4, -0.2) is 35.2 Å². The minimum Gasteiger partial charge on any atom is -0.497 e. The third kappa shape index (κ3) is 3.61. The topological polar surface area (TPSA) is 95.2 Å². The Hall–Kier alpha value is -2.93. The van der Waals surface area contributed by atoms with E-state index in [1.54, 1.807) is 20.3 Å². The van der Waals surface area contributed by atoms with E-state index in [1.807, 2.05) is 37.3 Å². The highest BCUT2D eigenvalue weighted by atomic mass is 16.5. The minimum atomic E-state index is -0.155. The summed E-state index contributed by atoms with van der Waals surface area (Å²) in [5.74, 6) is 1.93. The van der Waals surface area contributed by atoms with E-state index in [2.05, 4.69) is 20.3 Å². The quantitative estimate of drug-likeness (QED) is 0.713. The van der Waals surface area contributed by atoms with Crippen LogP contribution in [0.1, 0.15) is 18.6 Å². The van der Waals surface area contributed by atoms with Crippen LogP contribution in [0.3, 0.4) is 0 Å².